The Labute approximate surface area is 207 Å². The van der Waals surface area contributed by atoms with Gasteiger partial charge in [-0.25, -0.2) is 19.8 Å². The van der Waals surface area contributed by atoms with Crippen molar-refractivity contribution >= 4 is 17.7 Å². The lowest BCUT2D eigenvalue weighted by Gasteiger charge is -2.33. The summed E-state index contributed by atoms with van der Waals surface area (Å²) in [4.78, 5) is 30.4. The number of methoxy groups -OCH3 is 1. The Bertz CT molecular complexity index is 1250. The summed E-state index contributed by atoms with van der Waals surface area (Å²) < 4.78 is 19.6. The number of hydroxylamine groups is 1. The summed E-state index contributed by atoms with van der Waals surface area (Å²) in [7, 11) is 1.51. The maximum Gasteiger partial charge on any atom is 0.246 e. The molecule has 4 rings (SSSR count). The number of allylic oxidation sites excluding steroid dienone is 1. The van der Waals surface area contributed by atoms with Crippen LogP contribution in [0.5, 0.6) is 5.88 Å². The van der Waals surface area contributed by atoms with Gasteiger partial charge in [-0.2, -0.15) is 0 Å². The van der Waals surface area contributed by atoms with Gasteiger partial charge in [-0.3, -0.25) is 14.6 Å². The maximum atomic E-state index is 14.3. The number of carbonyl (C=O) groups is 1. The zero-order valence-electron chi connectivity index (χ0n) is 19.9. The highest BCUT2D eigenvalue weighted by molar-refractivity contribution is 6.02. The molecular weight excluding hydrogens is 469 g/mol. The van der Waals surface area contributed by atoms with Crippen LogP contribution in [0.1, 0.15) is 31.4 Å². The number of fused-ring (bicyclic) bond motifs is 1. The molecule has 2 aromatic rings. The third kappa shape index (κ3) is 5.44. The number of amides is 1. The molecule has 36 heavy (non-hydrogen) atoms. The molecule has 1 amide bonds. The Morgan fingerprint density at radius 1 is 1.31 bits per heavy atom. The highest BCUT2D eigenvalue weighted by Gasteiger charge is 2.34. The van der Waals surface area contributed by atoms with Gasteiger partial charge in [0.15, 0.2) is 11.8 Å². The Kier molecular flexibility index (Phi) is 7.46. The molecule has 190 valence electrons. The first-order valence-corrected chi connectivity index (χ1v) is 11.3. The van der Waals surface area contributed by atoms with Crippen LogP contribution in [0.4, 0.5) is 4.39 Å². The number of carbonyl (C=O) groups excluding carboxylic acids is 1. The summed E-state index contributed by atoms with van der Waals surface area (Å²) in [6.45, 7) is 1.85. The predicted molar refractivity (Wildman–Crippen MR) is 131 cm³/mol. The van der Waals surface area contributed by atoms with Gasteiger partial charge in [-0.05, 0) is 30.7 Å². The topological polar surface area (TPSA) is 169 Å². The molecule has 0 saturated heterocycles. The van der Waals surface area contributed by atoms with Crippen molar-refractivity contribution in [2.75, 3.05) is 13.7 Å². The first kappa shape index (κ1) is 25.1. The number of primary amides is 1. The van der Waals surface area contributed by atoms with Crippen molar-refractivity contribution in [1.82, 2.24) is 15.8 Å². The van der Waals surface area contributed by atoms with Crippen molar-refractivity contribution in [3.63, 3.8) is 0 Å². The van der Waals surface area contributed by atoms with Gasteiger partial charge in [-0.15, -0.1) is 0 Å². The first-order chi connectivity index (χ1) is 17.3. The number of aromatic nitrogens is 1. The summed E-state index contributed by atoms with van der Waals surface area (Å²) in [6, 6.07) is 8.95. The molecule has 7 N–H and O–H groups in total. The number of amidine groups is 1. The summed E-state index contributed by atoms with van der Waals surface area (Å²) >= 11 is 0. The van der Waals surface area contributed by atoms with Crippen LogP contribution in [0.2, 0.25) is 0 Å². The van der Waals surface area contributed by atoms with Crippen molar-refractivity contribution in [1.29, 1.82) is 0 Å². The fourth-order valence-electron chi connectivity index (χ4n) is 4.20. The third-order valence-corrected chi connectivity index (χ3v) is 5.91. The summed E-state index contributed by atoms with van der Waals surface area (Å²) in [6.07, 6.45) is -0.837. The lowest BCUT2D eigenvalue weighted by Crippen LogP contribution is -2.44. The molecule has 3 heterocycles. The third-order valence-electron chi connectivity index (χ3n) is 5.91. The smallest absolute Gasteiger partial charge is 0.246 e. The van der Waals surface area contributed by atoms with Gasteiger partial charge in [0.05, 0.1) is 31.5 Å². The number of nitrogens with zero attached hydrogens (tertiary/aromatic N) is 3. The molecule has 0 spiro atoms. The monoisotopic (exact) mass is 497 g/mol. The molecule has 1 unspecified atom stereocenters. The Morgan fingerprint density at radius 2 is 2.11 bits per heavy atom. The van der Waals surface area contributed by atoms with Crippen LogP contribution in [0.15, 0.2) is 57.7 Å². The van der Waals surface area contributed by atoms with Gasteiger partial charge in [0.1, 0.15) is 11.9 Å². The van der Waals surface area contributed by atoms with E-state index in [2.05, 4.69) is 20.8 Å². The first-order valence-electron chi connectivity index (χ1n) is 11.3. The highest BCUT2D eigenvalue weighted by Crippen LogP contribution is 2.38. The second-order valence-corrected chi connectivity index (χ2v) is 8.38. The molecule has 2 aliphatic rings. The molecule has 0 saturated carbocycles. The van der Waals surface area contributed by atoms with Crippen LogP contribution < -0.4 is 27.0 Å². The standard InChI is InChI=1S/C24H28FN7O4/c1-12-21-18(31-24(27)28-12)11-17(30-23(21)32-36-9-8-19(33)22(26)34)14-7-6-13(25)10-15(14)16-4-3-5-20(29-16)35-2/h3-7,10,17-19,33H,8-9,11H2,1-2H3,(H2,26,34)(H,30,32)(H3,27,28,31)/t17-,18?,19+/m1/s1. The maximum absolute atomic E-state index is 14.3. The Hall–Kier alpha value is -4.03. The van der Waals surface area contributed by atoms with Crippen LogP contribution in [0.3, 0.4) is 0 Å². The van der Waals surface area contributed by atoms with E-state index in [-0.39, 0.29) is 25.0 Å². The number of nitrogens with two attached hydrogens (primary N) is 2. The van der Waals surface area contributed by atoms with Crippen molar-refractivity contribution in [3.8, 4) is 17.1 Å². The number of ether oxygens (including phenoxy) is 1. The predicted octanol–water partition coefficient (Wildman–Crippen LogP) is 1.06. The van der Waals surface area contributed by atoms with Crippen LogP contribution >= 0.6 is 0 Å². The van der Waals surface area contributed by atoms with Crippen LogP contribution in [0.25, 0.3) is 11.3 Å². The number of nitrogens with one attached hydrogen (secondary N) is 2. The minimum absolute atomic E-state index is 0.000842. The van der Waals surface area contributed by atoms with Gasteiger partial charge in [0, 0.05) is 35.7 Å². The van der Waals surface area contributed by atoms with E-state index >= 15 is 0 Å². The molecule has 12 heteroatoms. The molecule has 3 atom stereocenters. The number of aliphatic hydroxyl groups excluding tert-OH is 1. The number of pyridine rings is 1. The molecule has 1 aromatic carbocycles. The molecule has 0 aliphatic carbocycles. The van der Waals surface area contributed by atoms with E-state index in [4.69, 9.17) is 26.0 Å². The van der Waals surface area contributed by atoms with Crippen LogP contribution in [-0.2, 0) is 9.63 Å². The lowest BCUT2D eigenvalue weighted by atomic mass is 9.87. The van der Waals surface area contributed by atoms with Gasteiger partial charge in [0.2, 0.25) is 11.8 Å². The molecule has 2 aliphatic heterocycles. The lowest BCUT2D eigenvalue weighted by molar-refractivity contribution is -0.127. The Balaban J connectivity index is 1.69. The zero-order valence-corrected chi connectivity index (χ0v) is 19.9. The van der Waals surface area contributed by atoms with E-state index in [1.165, 1.54) is 19.2 Å². The number of aliphatic imine (C=N–C) groups is 2. The van der Waals surface area contributed by atoms with Gasteiger partial charge in [0.25, 0.3) is 0 Å². The second kappa shape index (κ2) is 10.7. The average molecular weight is 498 g/mol. The number of benzene rings is 1. The molecule has 0 fully saturated rings. The van der Waals surface area contributed by atoms with E-state index in [1.54, 1.807) is 24.3 Å². The van der Waals surface area contributed by atoms with Gasteiger partial charge >= 0.3 is 0 Å². The minimum atomic E-state index is -1.32. The number of aliphatic hydroxyl groups is 1. The van der Waals surface area contributed by atoms with E-state index in [9.17, 15) is 14.3 Å². The van der Waals surface area contributed by atoms with Gasteiger partial charge < -0.3 is 26.6 Å². The van der Waals surface area contributed by atoms with E-state index in [1.807, 2.05) is 6.92 Å². The molecular formula is C24H28FN7O4. The average Bonchev–Trinajstić information content (AvgIpc) is 2.85. The van der Waals surface area contributed by atoms with Crippen LogP contribution in [0, 0.1) is 5.82 Å². The molecule has 11 nitrogen and oxygen atoms in total. The number of hydrogen-bond acceptors (Lipinski definition) is 10. The fourth-order valence-corrected chi connectivity index (χ4v) is 4.20. The van der Waals surface area contributed by atoms with Crippen molar-refractivity contribution in [2.45, 2.75) is 38.0 Å². The number of rotatable bonds is 8. The van der Waals surface area contributed by atoms with E-state index in [0.29, 0.717) is 29.4 Å². The highest BCUT2D eigenvalue weighted by atomic mass is 19.1. The molecule has 1 aromatic heterocycles. The SMILES string of the molecule is COc1cccc(-c2cc(F)ccc2[C@H]2CC3N=C(N)NC(C)=C3C(NOCC[C@H](O)C(N)=O)=N2)n1. The van der Waals surface area contributed by atoms with Crippen molar-refractivity contribution < 1.29 is 23.9 Å². The number of halogens is 1. The summed E-state index contributed by atoms with van der Waals surface area (Å²) in [5.74, 6) is -0.155. The minimum Gasteiger partial charge on any atom is -0.481 e. The Morgan fingerprint density at radius 3 is 2.86 bits per heavy atom. The van der Waals surface area contributed by atoms with Crippen molar-refractivity contribution in [2.24, 2.45) is 21.5 Å². The number of hydrogen-bond donors (Lipinski definition) is 5. The normalized spacial score (nSPS) is 20.0. The molecule has 0 bridgehead atoms. The van der Waals surface area contributed by atoms with E-state index < -0.39 is 23.9 Å². The fraction of sp³-hybridized carbons (Fsp3) is 0.333. The van der Waals surface area contributed by atoms with Crippen LogP contribution in [-0.4, -0.2) is 53.7 Å². The quantitative estimate of drug-likeness (QED) is 0.266. The second-order valence-electron chi connectivity index (χ2n) is 8.38. The summed E-state index contributed by atoms with van der Waals surface area (Å²) in [5, 5.41) is 12.6. The number of guanidine groups is 1. The van der Waals surface area contributed by atoms with E-state index in [0.717, 1.165) is 16.8 Å². The zero-order chi connectivity index (χ0) is 25.8. The summed E-state index contributed by atoms with van der Waals surface area (Å²) in [5.41, 5.74) is 17.3. The largest absolute Gasteiger partial charge is 0.481 e. The van der Waals surface area contributed by atoms with Gasteiger partial charge in [-0.1, -0.05) is 12.1 Å². The van der Waals surface area contributed by atoms with Crippen molar-refractivity contribution in [3.05, 3.63) is 59.0 Å². The molecule has 0 radical (unpaired) electrons.